The van der Waals surface area contributed by atoms with Gasteiger partial charge < -0.3 is 18.9 Å². The molecule has 2 heterocycles. The molecule has 0 atom stereocenters. The fraction of sp³-hybridized carbons (Fsp3) is 0.459. The minimum atomic E-state index is -1.19. The average molecular weight is 735 g/mol. The highest BCUT2D eigenvalue weighted by Gasteiger charge is 2.56. The summed E-state index contributed by atoms with van der Waals surface area (Å²) in [5.74, 6) is -1.06. The van der Waals surface area contributed by atoms with Gasteiger partial charge in [0, 0.05) is 40.1 Å². The van der Waals surface area contributed by atoms with Crippen LogP contribution in [0.3, 0.4) is 0 Å². The molecule has 0 radical (unpaired) electrons. The SMILES string of the molecule is C=C(C(=O)OC)c1nn(COCC[Si](C)(C)C)c2ccccc2c1=O.COC(=O)C1(c2nn(COCC[Si](C)(C)C)c3ccccc3c2=O)CC1. The monoisotopic (exact) mass is 734 g/mol. The fourth-order valence-corrected chi connectivity index (χ4v) is 6.83. The highest BCUT2D eigenvalue weighted by Crippen LogP contribution is 2.47. The van der Waals surface area contributed by atoms with E-state index in [9.17, 15) is 19.2 Å². The van der Waals surface area contributed by atoms with Crippen LogP contribution in [0.15, 0.2) is 64.7 Å². The van der Waals surface area contributed by atoms with Crippen LogP contribution in [-0.2, 0) is 47.4 Å². The Morgan fingerprint density at radius 2 is 1.22 bits per heavy atom. The number of hydrogen-bond donors (Lipinski definition) is 0. The molecule has 1 saturated carbocycles. The van der Waals surface area contributed by atoms with Crippen LogP contribution >= 0.6 is 0 Å². The minimum absolute atomic E-state index is 0.0145. The topological polar surface area (TPSA) is 141 Å². The first kappa shape index (κ1) is 39.5. The summed E-state index contributed by atoms with van der Waals surface area (Å²) in [6, 6.07) is 16.5. The zero-order valence-corrected chi connectivity index (χ0v) is 33.0. The molecule has 5 rings (SSSR count). The predicted molar refractivity (Wildman–Crippen MR) is 204 cm³/mol. The Hall–Kier alpha value is -4.25. The number of carbonyl (C=O) groups is 2. The molecule has 1 aliphatic rings. The summed E-state index contributed by atoms with van der Waals surface area (Å²) in [5, 5.41) is 9.84. The van der Waals surface area contributed by atoms with Crippen molar-refractivity contribution in [1.82, 2.24) is 19.6 Å². The molecule has 2 aromatic carbocycles. The number of esters is 2. The molecular weight excluding hydrogens is 685 g/mol. The number of benzene rings is 2. The predicted octanol–water partition coefficient (Wildman–Crippen LogP) is 5.81. The lowest BCUT2D eigenvalue weighted by molar-refractivity contribution is -0.143. The summed E-state index contributed by atoms with van der Waals surface area (Å²) < 4.78 is 24.4. The largest absolute Gasteiger partial charge is 0.468 e. The van der Waals surface area contributed by atoms with Crippen molar-refractivity contribution in [3.05, 3.63) is 86.9 Å². The number of aromatic nitrogens is 4. The zero-order chi connectivity index (χ0) is 37.6. The van der Waals surface area contributed by atoms with Crippen molar-refractivity contribution in [1.29, 1.82) is 0 Å². The van der Waals surface area contributed by atoms with Gasteiger partial charge in [0.15, 0.2) is 0 Å². The summed E-state index contributed by atoms with van der Waals surface area (Å²) >= 11 is 0. The van der Waals surface area contributed by atoms with Gasteiger partial charge in [0.2, 0.25) is 10.9 Å². The Kier molecular flexibility index (Phi) is 12.7. The average Bonchev–Trinajstić information content (AvgIpc) is 3.91. The first-order valence-electron chi connectivity index (χ1n) is 17.0. The van der Waals surface area contributed by atoms with E-state index in [1.54, 1.807) is 33.6 Å². The molecule has 0 spiro atoms. The summed E-state index contributed by atoms with van der Waals surface area (Å²) in [6.45, 7) is 19.1. The van der Waals surface area contributed by atoms with E-state index < -0.39 is 27.5 Å². The second kappa shape index (κ2) is 16.4. The Morgan fingerprint density at radius 3 is 1.67 bits per heavy atom. The molecule has 51 heavy (non-hydrogen) atoms. The Morgan fingerprint density at radius 1 is 0.745 bits per heavy atom. The van der Waals surface area contributed by atoms with Crippen molar-refractivity contribution in [3.63, 3.8) is 0 Å². The summed E-state index contributed by atoms with van der Waals surface area (Å²) in [6.07, 6.45) is 1.19. The second-order valence-corrected chi connectivity index (χ2v) is 26.4. The van der Waals surface area contributed by atoms with Gasteiger partial charge >= 0.3 is 11.9 Å². The van der Waals surface area contributed by atoms with Crippen molar-refractivity contribution < 1.29 is 28.5 Å². The lowest BCUT2D eigenvalue weighted by Crippen LogP contribution is -2.32. The van der Waals surface area contributed by atoms with Crippen molar-refractivity contribution in [2.75, 3.05) is 27.4 Å². The first-order valence-corrected chi connectivity index (χ1v) is 24.5. The van der Waals surface area contributed by atoms with Crippen LogP contribution in [0.5, 0.6) is 0 Å². The van der Waals surface area contributed by atoms with Crippen molar-refractivity contribution in [2.24, 2.45) is 0 Å². The lowest BCUT2D eigenvalue weighted by Gasteiger charge is -2.18. The Balaban J connectivity index is 0.000000229. The normalized spacial score (nSPS) is 13.7. The van der Waals surface area contributed by atoms with Gasteiger partial charge in [-0.05, 0) is 49.2 Å². The van der Waals surface area contributed by atoms with Gasteiger partial charge in [-0.3, -0.25) is 14.4 Å². The number of hydrogen-bond acceptors (Lipinski definition) is 10. The van der Waals surface area contributed by atoms with Crippen LogP contribution in [0.2, 0.25) is 51.4 Å². The number of ether oxygens (including phenoxy) is 4. The van der Waals surface area contributed by atoms with Crippen molar-refractivity contribution >= 4 is 55.5 Å². The van der Waals surface area contributed by atoms with E-state index in [2.05, 4.69) is 60.8 Å². The maximum absolute atomic E-state index is 12.9. The highest BCUT2D eigenvalue weighted by atomic mass is 28.3. The number of nitrogens with zero attached hydrogens (tertiary/aromatic N) is 4. The maximum Gasteiger partial charge on any atom is 0.339 e. The molecule has 4 aromatic rings. The molecular formula is C37H50N4O8Si2. The van der Waals surface area contributed by atoms with Gasteiger partial charge in [0.25, 0.3) is 0 Å². The Bertz CT molecular complexity index is 2020. The summed E-state index contributed by atoms with van der Waals surface area (Å²) in [5.41, 5.74) is 0.143. The number of para-hydroxylation sites is 2. The second-order valence-electron chi connectivity index (χ2n) is 15.1. The molecule has 1 aliphatic carbocycles. The van der Waals surface area contributed by atoms with Crippen LogP contribution in [0.25, 0.3) is 27.4 Å². The fourth-order valence-electron chi connectivity index (χ4n) is 5.32. The molecule has 0 N–H and O–H groups in total. The van der Waals surface area contributed by atoms with E-state index in [1.165, 1.54) is 14.2 Å². The first-order chi connectivity index (χ1) is 24.0. The van der Waals surface area contributed by atoms with E-state index >= 15 is 0 Å². The van der Waals surface area contributed by atoms with Crippen LogP contribution in [-0.4, -0.2) is 75.1 Å². The molecule has 0 unspecified atom stereocenters. The standard InChI is InChI=1S/C19H26N2O4Si.C18H24N2O4Si/c1-24-18(23)19(9-10-19)17-16(22)14-7-5-6-8-15(14)21(20-17)13-25-11-12-26(2,3)4;1-13(18(22)23-2)16-17(21)14-8-6-7-9-15(14)20(19-16)12-24-10-11-25(3,4)5/h5-8H,9-13H2,1-4H3;6-9H,1,10-12H2,2-5H3. The summed E-state index contributed by atoms with van der Waals surface area (Å²) in [7, 11) is 0.230. The van der Waals surface area contributed by atoms with E-state index in [4.69, 9.17) is 14.2 Å². The lowest BCUT2D eigenvalue weighted by atomic mass is 10.0. The van der Waals surface area contributed by atoms with Gasteiger partial charge in [-0.2, -0.15) is 10.2 Å². The third-order valence-electron chi connectivity index (χ3n) is 8.64. The molecule has 12 nitrogen and oxygen atoms in total. The van der Waals surface area contributed by atoms with Gasteiger partial charge in [0.05, 0.1) is 30.8 Å². The molecule has 0 aliphatic heterocycles. The van der Waals surface area contributed by atoms with Crippen LogP contribution in [0.4, 0.5) is 0 Å². The molecule has 0 bridgehead atoms. The summed E-state index contributed by atoms with van der Waals surface area (Å²) in [4.78, 5) is 49.5. The van der Waals surface area contributed by atoms with Gasteiger partial charge in [-0.1, -0.05) is 70.1 Å². The van der Waals surface area contributed by atoms with E-state index in [-0.39, 0.29) is 47.2 Å². The molecule has 0 amide bonds. The molecule has 2 aromatic heterocycles. The van der Waals surface area contributed by atoms with Crippen molar-refractivity contribution in [2.45, 2.75) is 83.1 Å². The van der Waals surface area contributed by atoms with Gasteiger partial charge in [-0.15, -0.1) is 0 Å². The van der Waals surface area contributed by atoms with E-state index in [1.807, 2.05) is 24.3 Å². The third-order valence-corrected chi connectivity index (χ3v) is 12.1. The van der Waals surface area contributed by atoms with Crippen LogP contribution in [0.1, 0.15) is 24.2 Å². The Labute approximate surface area is 300 Å². The number of fused-ring (bicyclic) bond motifs is 2. The zero-order valence-electron chi connectivity index (χ0n) is 31.0. The number of carbonyl (C=O) groups excluding carboxylic acids is 2. The van der Waals surface area contributed by atoms with Gasteiger partial charge in [-0.25, -0.2) is 14.2 Å². The molecule has 274 valence electrons. The van der Waals surface area contributed by atoms with Crippen LogP contribution < -0.4 is 10.9 Å². The smallest absolute Gasteiger partial charge is 0.339 e. The highest BCUT2D eigenvalue weighted by molar-refractivity contribution is 6.76. The third kappa shape index (κ3) is 9.76. The van der Waals surface area contributed by atoms with Crippen LogP contribution in [0, 0.1) is 0 Å². The number of methoxy groups -OCH3 is 2. The van der Waals surface area contributed by atoms with Gasteiger partial charge in [0.1, 0.15) is 30.3 Å². The van der Waals surface area contributed by atoms with E-state index in [0.717, 1.165) is 17.6 Å². The minimum Gasteiger partial charge on any atom is -0.468 e. The maximum atomic E-state index is 12.9. The van der Waals surface area contributed by atoms with Crippen molar-refractivity contribution in [3.8, 4) is 0 Å². The molecule has 1 fully saturated rings. The number of rotatable bonds is 14. The quantitative estimate of drug-likeness (QED) is 0.0675. The van der Waals surface area contributed by atoms with E-state index in [0.29, 0.717) is 42.3 Å². The molecule has 14 heteroatoms. The molecule has 0 saturated heterocycles.